The molecule has 0 bridgehead atoms. The van der Waals surface area contributed by atoms with Crippen LogP contribution >= 0.6 is 0 Å². The summed E-state index contributed by atoms with van der Waals surface area (Å²) in [5.74, 6) is 2.38. The maximum Gasteiger partial charge on any atom is 0.223 e. The largest absolute Gasteiger partial charge is 0.467 e. The minimum Gasteiger partial charge on any atom is -0.467 e. The Balaban J connectivity index is 1.58. The SMILES string of the molecule is Nc1ncc(-c2ccnc(NCc3ccco3)n2)c(CC2CC2)n1. The van der Waals surface area contributed by atoms with Crippen molar-refractivity contribution < 1.29 is 4.42 Å². The van der Waals surface area contributed by atoms with Crippen molar-refractivity contribution in [2.45, 2.75) is 25.8 Å². The van der Waals surface area contributed by atoms with Gasteiger partial charge in [-0.3, -0.25) is 0 Å². The number of anilines is 2. The predicted molar refractivity (Wildman–Crippen MR) is 89.9 cm³/mol. The van der Waals surface area contributed by atoms with Crippen molar-refractivity contribution in [3.63, 3.8) is 0 Å². The number of nitrogen functional groups attached to an aromatic ring is 1. The van der Waals surface area contributed by atoms with E-state index in [1.807, 2.05) is 18.2 Å². The molecular formula is C17H18N6O. The molecule has 1 saturated carbocycles. The molecule has 0 atom stereocenters. The number of hydrogen-bond donors (Lipinski definition) is 2. The monoisotopic (exact) mass is 322 g/mol. The molecule has 24 heavy (non-hydrogen) atoms. The number of hydrogen-bond acceptors (Lipinski definition) is 7. The zero-order valence-corrected chi connectivity index (χ0v) is 13.1. The van der Waals surface area contributed by atoms with Crippen LogP contribution in [0.4, 0.5) is 11.9 Å². The minimum atomic E-state index is 0.305. The molecule has 4 rings (SSSR count). The van der Waals surface area contributed by atoms with Crippen LogP contribution in [0, 0.1) is 5.92 Å². The van der Waals surface area contributed by atoms with Gasteiger partial charge in [-0.1, -0.05) is 0 Å². The molecule has 0 radical (unpaired) electrons. The van der Waals surface area contributed by atoms with Crippen LogP contribution in [-0.4, -0.2) is 19.9 Å². The number of furan rings is 1. The average Bonchev–Trinajstić information content (AvgIpc) is 3.24. The van der Waals surface area contributed by atoms with E-state index in [4.69, 9.17) is 10.2 Å². The van der Waals surface area contributed by atoms with Crippen molar-refractivity contribution in [1.82, 2.24) is 19.9 Å². The van der Waals surface area contributed by atoms with E-state index in [-0.39, 0.29) is 0 Å². The van der Waals surface area contributed by atoms with E-state index in [9.17, 15) is 0 Å². The van der Waals surface area contributed by atoms with E-state index in [0.29, 0.717) is 24.4 Å². The molecule has 3 heterocycles. The van der Waals surface area contributed by atoms with Gasteiger partial charge >= 0.3 is 0 Å². The zero-order chi connectivity index (χ0) is 16.4. The van der Waals surface area contributed by atoms with Crippen LogP contribution in [0.15, 0.2) is 41.3 Å². The second-order valence-electron chi connectivity index (χ2n) is 5.93. The van der Waals surface area contributed by atoms with Gasteiger partial charge in [-0.15, -0.1) is 0 Å². The van der Waals surface area contributed by atoms with Crippen LogP contribution in [0.1, 0.15) is 24.3 Å². The maximum atomic E-state index is 5.76. The van der Waals surface area contributed by atoms with Gasteiger partial charge in [0, 0.05) is 18.0 Å². The second kappa shape index (κ2) is 6.27. The van der Waals surface area contributed by atoms with Crippen molar-refractivity contribution in [2.24, 2.45) is 5.92 Å². The van der Waals surface area contributed by atoms with Gasteiger partial charge in [-0.25, -0.2) is 19.9 Å². The topological polar surface area (TPSA) is 103 Å². The highest BCUT2D eigenvalue weighted by molar-refractivity contribution is 5.62. The van der Waals surface area contributed by atoms with Gasteiger partial charge in [-0.2, -0.15) is 0 Å². The highest BCUT2D eigenvalue weighted by Crippen LogP contribution is 2.34. The van der Waals surface area contributed by atoms with E-state index in [1.54, 1.807) is 18.7 Å². The molecule has 0 amide bonds. The summed E-state index contributed by atoms with van der Waals surface area (Å²) in [7, 11) is 0. The molecule has 0 aromatic carbocycles. The van der Waals surface area contributed by atoms with E-state index >= 15 is 0 Å². The first-order valence-corrected chi connectivity index (χ1v) is 7.99. The number of nitrogens with two attached hydrogens (primary N) is 1. The second-order valence-corrected chi connectivity index (χ2v) is 5.93. The molecule has 0 aliphatic heterocycles. The molecule has 1 aliphatic rings. The van der Waals surface area contributed by atoms with Gasteiger partial charge in [-0.05, 0) is 43.4 Å². The quantitative estimate of drug-likeness (QED) is 0.719. The van der Waals surface area contributed by atoms with Crippen molar-refractivity contribution in [2.75, 3.05) is 11.1 Å². The highest BCUT2D eigenvalue weighted by atomic mass is 16.3. The summed E-state index contributed by atoms with van der Waals surface area (Å²) in [5, 5.41) is 3.16. The third-order valence-corrected chi connectivity index (χ3v) is 4.00. The lowest BCUT2D eigenvalue weighted by atomic mass is 10.1. The molecule has 7 nitrogen and oxygen atoms in total. The highest BCUT2D eigenvalue weighted by Gasteiger charge is 2.24. The Bertz CT molecular complexity index is 829. The third-order valence-electron chi connectivity index (χ3n) is 4.00. The van der Waals surface area contributed by atoms with Crippen molar-refractivity contribution in [1.29, 1.82) is 0 Å². The lowest BCUT2D eigenvalue weighted by Gasteiger charge is -2.09. The van der Waals surface area contributed by atoms with Crippen LogP contribution < -0.4 is 11.1 Å². The van der Waals surface area contributed by atoms with Crippen LogP contribution in [0.3, 0.4) is 0 Å². The van der Waals surface area contributed by atoms with Crippen molar-refractivity contribution in [3.8, 4) is 11.3 Å². The molecule has 0 spiro atoms. The van der Waals surface area contributed by atoms with E-state index < -0.39 is 0 Å². The van der Waals surface area contributed by atoms with E-state index in [0.717, 1.165) is 29.1 Å². The summed E-state index contributed by atoms with van der Waals surface area (Å²) in [5.41, 5.74) is 8.43. The Labute approximate surface area is 139 Å². The predicted octanol–water partition coefficient (Wildman–Crippen LogP) is 2.67. The van der Waals surface area contributed by atoms with Gasteiger partial charge in [0.2, 0.25) is 11.9 Å². The molecule has 0 unspecified atom stereocenters. The van der Waals surface area contributed by atoms with Crippen molar-refractivity contribution in [3.05, 3.63) is 48.3 Å². The van der Waals surface area contributed by atoms with E-state index in [1.165, 1.54) is 12.8 Å². The average molecular weight is 322 g/mol. The molecule has 3 aromatic rings. The summed E-state index contributed by atoms with van der Waals surface area (Å²) < 4.78 is 5.30. The lowest BCUT2D eigenvalue weighted by molar-refractivity contribution is 0.517. The molecule has 1 aliphatic carbocycles. The minimum absolute atomic E-state index is 0.305. The fourth-order valence-corrected chi connectivity index (χ4v) is 2.57. The summed E-state index contributed by atoms with van der Waals surface area (Å²) >= 11 is 0. The molecule has 7 heteroatoms. The zero-order valence-electron chi connectivity index (χ0n) is 13.1. The van der Waals surface area contributed by atoms with Crippen LogP contribution in [0.25, 0.3) is 11.3 Å². The fourth-order valence-electron chi connectivity index (χ4n) is 2.57. The Morgan fingerprint density at radius 3 is 2.92 bits per heavy atom. The Hall–Kier alpha value is -2.96. The number of rotatable bonds is 6. The fraction of sp³-hybridized carbons (Fsp3) is 0.294. The maximum absolute atomic E-state index is 5.76. The van der Waals surface area contributed by atoms with Crippen LogP contribution in [0.2, 0.25) is 0 Å². The first-order chi connectivity index (χ1) is 11.8. The number of aromatic nitrogens is 4. The summed E-state index contributed by atoms with van der Waals surface area (Å²) in [6.07, 6.45) is 8.54. The molecular weight excluding hydrogens is 304 g/mol. The van der Waals surface area contributed by atoms with Gasteiger partial charge in [0.15, 0.2) is 0 Å². The molecule has 1 fully saturated rings. The van der Waals surface area contributed by atoms with Crippen LogP contribution in [0.5, 0.6) is 0 Å². The van der Waals surface area contributed by atoms with E-state index in [2.05, 4.69) is 25.3 Å². The first-order valence-electron chi connectivity index (χ1n) is 7.99. The summed E-state index contributed by atoms with van der Waals surface area (Å²) in [4.78, 5) is 17.4. The summed E-state index contributed by atoms with van der Waals surface area (Å²) in [6, 6.07) is 5.62. The normalized spacial score (nSPS) is 13.8. The van der Waals surface area contributed by atoms with Gasteiger partial charge < -0.3 is 15.5 Å². The number of nitrogens with one attached hydrogen (secondary N) is 1. The number of nitrogens with zero attached hydrogens (tertiary/aromatic N) is 4. The smallest absolute Gasteiger partial charge is 0.223 e. The Morgan fingerprint density at radius 1 is 1.21 bits per heavy atom. The van der Waals surface area contributed by atoms with Gasteiger partial charge in [0.25, 0.3) is 0 Å². The molecule has 3 aromatic heterocycles. The molecule has 122 valence electrons. The van der Waals surface area contributed by atoms with Gasteiger partial charge in [0.1, 0.15) is 5.76 Å². The third kappa shape index (κ3) is 3.34. The first kappa shape index (κ1) is 14.6. The Kier molecular flexibility index (Phi) is 3.82. The molecule has 0 saturated heterocycles. The molecule has 3 N–H and O–H groups in total. The summed E-state index contributed by atoms with van der Waals surface area (Å²) in [6.45, 7) is 0.531. The van der Waals surface area contributed by atoms with Crippen molar-refractivity contribution >= 4 is 11.9 Å². The van der Waals surface area contributed by atoms with Crippen LogP contribution in [-0.2, 0) is 13.0 Å². The van der Waals surface area contributed by atoms with Gasteiger partial charge in [0.05, 0.1) is 24.2 Å². The Morgan fingerprint density at radius 2 is 2.12 bits per heavy atom. The lowest BCUT2D eigenvalue weighted by Crippen LogP contribution is -2.06. The standard InChI is InChI=1S/C17H18N6O/c18-16-20-10-13(15(22-16)8-11-3-4-11)14-5-6-19-17(23-14)21-9-12-2-1-7-24-12/h1-2,5-7,10-11H,3-4,8-9H2,(H2,18,20,22)(H,19,21,23).